The lowest BCUT2D eigenvalue weighted by Gasteiger charge is -2.23. The van der Waals surface area contributed by atoms with Crippen LogP contribution in [0, 0.1) is 11.3 Å². The smallest absolute Gasteiger partial charge is 0.404 e. The van der Waals surface area contributed by atoms with Crippen LogP contribution in [-0.4, -0.2) is 41.5 Å². The van der Waals surface area contributed by atoms with Crippen LogP contribution in [0.5, 0.6) is 0 Å². The van der Waals surface area contributed by atoms with Gasteiger partial charge in [-0.2, -0.15) is 5.26 Å². The Balaban J connectivity index is 2.42. The second kappa shape index (κ2) is 10.6. The monoisotopic (exact) mass is 305 g/mol. The van der Waals surface area contributed by atoms with Gasteiger partial charge in [0.05, 0.1) is 18.2 Å². The average Bonchev–Trinajstić information content (AvgIpc) is 2.50. The number of rotatable bonds is 10. The average molecular weight is 305 g/mol. The van der Waals surface area contributed by atoms with E-state index >= 15 is 0 Å². The molecule has 4 N–H and O–H groups in total. The summed E-state index contributed by atoms with van der Waals surface area (Å²) in [6.07, 6.45) is 0.684. The van der Waals surface area contributed by atoms with Gasteiger partial charge in [-0.05, 0) is 31.4 Å². The van der Waals surface area contributed by atoms with Gasteiger partial charge in [-0.3, -0.25) is 0 Å². The molecule has 2 atom stereocenters. The molecule has 0 saturated heterocycles. The fourth-order valence-electron chi connectivity index (χ4n) is 2.16. The summed E-state index contributed by atoms with van der Waals surface area (Å²) in [5.74, 6) is 0. The van der Waals surface area contributed by atoms with Crippen LogP contribution in [0.15, 0.2) is 30.3 Å². The maximum absolute atomic E-state index is 10.9. The second-order valence-electron chi connectivity index (χ2n) is 5.13. The predicted octanol–water partition coefficient (Wildman–Crippen LogP) is 1.51. The van der Waals surface area contributed by atoms with Crippen LogP contribution in [-0.2, 0) is 6.42 Å². The van der Waals surface area contributed by atoms with Crippen molar-refractivity contribution in [3.63, 3.8) is 0 Å². The van der Waals surface area contributed by atoms with Crippen LogP contribution >= 0.6 is 0 Å². The maximum Gasteiger partial charge on any atom is 0.404 e. The van der Waals surface area contributed by atoms with E-state index in [1.54, 1.807) is 0 Å². The molecule has 0 unspecified atom stereocenters. The number of hydrogen-bond acceptors (Lipinski definition) is 4. The van der Waals surface area contributed by atoms with Gasteiger partial charge in [0.25, 0.3) is 0 Å². The highest BCUT2D eigenvalue weighted by Gasteiger charge is 2.21. The summed E-state index contributed by atoms with van der Waals surface area (Å²) in [5.41, 5.74) is 0.967. The van der Waals surface area contributed by atoms with Gasteiger partial charge in [0, 0.05) is 13.0 Å². The zero-order valence-electron chi connectivity index (χ0n) is 12.5. The van der Waals surface area contributed by atoms with Gasteiger partial charge in [0.15, 0.2) is 0 Å². The molecule has 0 aliphatic heterocycles. The van der Waals surface area contributed by atoms with E-state index in [-0.39, 0.29) is 0 Å². The predicted molar refractivity (Wildman–Crippen MR) is 83.4 cm³/mol. The molecule has 0 radical (unpaired) electrons. The van der Waals surface area contributed by atoms with Crippen molar-refractivity contribution in [2.75, 3.05) is 13.1 Å². The highest BCUT2D eigenvalue weighted by atomic mass is 16.4. The summed E-state index contributed by atoms with van der Waals surface area (Å²) in [6.45, 7) is 1.01. The van der Waals surface area contributed by atoms with E-state index < -0.39 is 18.2 Å². The van der Waals surface area contributed by atoms with Crippen LogP contribution in [0.1, 0.15) is 24.8 Å². The largest absolute Gasteiger partial charge is 0.465 e. The lowest BCUT2D eigenvalue weighted by atomic mass is 10.0. The fourth-order valence-corrected chi connectivity index (χ4v) is 2.16. The van der Waals surface area contributed by atoms with Crippen LogP contribution in [0.3, 0.4) is 0 Å². The third kappa shape index (κ3) is 7.62. The molecule has 0 bridgehead atoms. The molecule has 0 aliphatic carbocycles. The normalized spacial score (nSPS) is 13.1. The number of aliphatic hydroxyl groups excluding tert-OH is 1. The Morgan fingerprint density at radius 1 is 1.27 bits per heavy atom. The Kier molecular flexibility index (Phi) is 8.65. The lowest BCUT2D eigenvalue weighted by Crippen LogP contribution is -2.48. The number of unbranched alkanes of at least 4 members (excludes halogenated alkanes) is 2. The Hall–Kier alpha value is -2.10. The number of carbonyl (C=O) groups is 1. The SMILES string of the molecule is N#CCCCCNC[C@H](O)[C@H](Cc1ccccc1)NC(=O)O. The van der Waals surface area contributed by atoms with Crippen molar-refractivity contribution in [3.05, 3.63) is 35.9 Å². The van der Waals surface area contributed by atoms with E-state index in [4.69, 9.17) is 10.4 Å². The second-order valence-corrected chi connectivity index (χ2v) is 5.13. The number of benzene rings is 1. The van der Waals surface area contributed by atoms with E-state index in [9.17, 15) is 9.90 Å². The summed E-state index contributed by atoms with van der Waals surface area (Å²) in [5, 5.41) is 33.0. The van der Waals surface area contributed by atoms with Crippen molar-refractivity contribution < 1.29 is 15.0 Å². The molecule has 1 amide bonds. The molecule has 1 aromatic rings. The first-order chi connectivity index (χ1) is 10.6. The van der Waals surface area contributed by atoms with Gasteiger partial charge in [-0.15, -0.1) is 0 Å². The van der Waals surface area contributed by atoms with Crippen molar-refractivity contribution >= 4 is 6.09 Å². The third-order valence-electron chi connectivity index (χ3n) is 3.32. The molecule has 6 heteroatoms. The van der Waals surface area contributed by atoms with Gasteiger partial charge in [-0.25, -0.2) is 4.79 Å². The highest BCUT2D eigenvalue weighted by Crippen LogP contribution is 2.06. The lowest BCUT2D eigenvalue weighted by molar-refractivity contribution is 0.118. The summed E-state index contributed by atoms with van der Waals surface area (Å²) < 4.78 is 0. The van der Waals surface area contributed by atoms with Crippen LogP contribution in [0.4, 0.5) is 4.79 Å². The van der Waals surface area contributed by atoms with Crippen LogP contribution < -0.4 is 10.6 Å². The van der Waals surface area contributed by atoms with Gasteiger partial charge >= 0.3 is 6.09 Å². The molecular weight excluding hydrogens is 282 g/mol. The molecule has 0 aliphatic rings. The maximum atomic E-state index is 10.9. The standard InChI is InChI=1S/C16H23N3O3/c17-9-5-2-6-10-18-12-15(20)14(19-16(21)22)11-13-7-3-1-4-8-13/h1,3-4,7-8,14-15,18-20H,2,5-6,10-12H2,(H,21,22)/t14-,15-/m0/s1. The minimum Gasteiger partial charge on any atom is -0.465 e. The molecule has 0 saturated carbocycles. The van der Waals surface area contributed by atoms with E-state index in [0.29, 0.717) is 25.9 Å². The van der Waals surface area contributed by atoms with Crippen molar-refractivity contribution in [2.45, 2.75) is 37.8 Å². The zero-order valence-corrected chi connectivity index (χ0v) is 12.5. The molecule has 0 heterocycles. The van der Waals surface area contributed by atoms with Crippen LogP contribution in [0.2, 0.25) is 0 Å². The first-order valence-electron chi connectivity index (χ1n) is 7.42. The minimum absolute atomic E-state index is 0.310. The van der Waals surface area contributed by atoms with E-state index in [0.717, 1.165) is 18.4 Å². The summed E-state index contributed by atoms with van der Waals surface area (Å²) in [4.78, 5) is 10.9. The molecule has 22 heavy (non-hydrogen) atoms. The first-order valence-corrected chi connectivity index (χ1v) is 7.42. The number of nitriles is 1. The van der Waals surface area contributed by atoms with Gasteiger partial charge in [-0.1, -0.05) is 30.3 Å². The van der Waals surface area contributed by atoms with Crippen molar-refractivity contribution in [2.24, 2.45) is 0 Å². The van der Waals surface area contributed by atoms with Gasteiger partial charge in [0.1, 0.15) is 0 Å². The molecule has 1 aromatic carbocycles. The molecule has 1 rings (SSSR count). The van der Waals surface area contributed by atoms with E-state index in [1.165, 1.54) is 0 Å². The van der Waals surface area contributed by atoms with Crippen molar-refractivity contribution in [1.29, 1.82) is 5.26 Å². The number of carboxylic acid groups (broad SMARTS) is 1. The quantitative estimate of drug-likeness (QED) is 0.490. The van der Waals surface area contributed by atoms with E-state index in [1.807, 2.05) is 30.3 Å². The Morgan fingerprint density at radius 2 is 2.00 bits per heavy atom. The van der Waals surface area contributed by atoms with Crippen LogP contribution in [0.25, 0.3) is 0 Å². The van der Waals surface area contributed by atoms with Gasteiger partial charge < -0.3 is 20.8 Å². The van der Waals surface area contributed by atoms with Crippen molar-refractivity contribution in [1.82, 2.24) is 10.6 Å². The molecule has 0 spiro atoms. The summed E-state index contributed by atoms with van der Waals surface area (Å²) >= 11 is 0. The van der Waals surface area contributed by atoms with E-state index in [2.05, 4.69) is 16.7 Å². The van der Waals surface area contributed by atoms with Gasteiger partial charge in [0.2, 0.25) is 0 Å². The molecule has 0 fully saturated rings. The topological polar surface area (TPSA) is 105 Å². The summed E-state index contributed by atoms with van der Waals surface area (Å²) in [7, 11) is 0. The fraction of sp³-hybridized carbons (Fsp3) is 0.500. The molecule has 0 aromatic heterocycles. The Morgan fingerprint density at radius 3 is 2.64 bits per heavy atom. The number of nitrogens with one attached hydrogen (secondary N) is 2. The Bertz CT molecular complexity index is 473. The number of aliphatic hydroxyl groups is 1. The molecule has 120 valence electrons. The highest BCUT2D eigenvalue weighted by molar-refractivity contribution is 5.65. The number of nitrogens with zero attached hydrogens (tertiary/aromatic N) is 1. The summed E-state index contributed by atoms with van der Waals surface area (Å²) in [6, 6.07) is 11.0. The molecule has 6 nitrogen and oxygen atoms in total. The minimum atomic E-state index is -1.14. The first kappa shape index (κ1) is 18.0. The third-order valence-corrected chi connectivity index (χ3v) is 3.32. The number of hydrogen-bond donors (Lipinski definition) is 4. The van der Waals surface area contributed by atoms with Crippen molar-refractivity contribution in [3.8, 4) is 6.07 Å². The molecular formula is C16H23N3O3. The number of amides is 1. The zero-order chi connectivity index (χ0) is 16.2. The Labute approximate surface area is 130 Å².